The van der Waals surface area contributed by atoms with Crippen LogP contribution in [0.3, 0.4) is 0 Å². The number of hydrogen-bond acceptors (Lipinski definition) is 4. The number of aryl methyl sites for hydroxylation is 1. The number of aromatic nitrogens is 1. The Morgan fingerprint density at radius 2 is 2.04 bits per heavy atom. The van der Waals surface area contributed by atoms with Crippen molar-refractivity contribution in [2.75, 3.05) is 23.3 Å². The molecule has 138 valence electrons. The van der Waals surface area contributed by atoms with Gasteiger partial charge in [-0.25, -0.2) is 4.98 Å². The zero-order valence-electron chi connectivity index (χ0n) is 15.4. The van der Waals surface area contributed by atoms with Crippen LogP contribution in [0, 0.1) is 5.92 Å². The summed E-state index contributed by atoms with van der Waals surface area (Å²) in [6, 6.07) is 8.00. The van der Waals surface area contributed by atoms with Gasteiger partial charge in [0.2, 0.25) is 5.91 Å². The molecule has 1 aliphatic carbocycles. The topological polar surface area (TPSA) is 58.4 Å². The van der Waals surface area contributed by atoms with Crippen molar-refractivity contribution in [2.24, 2.45) is 5.92 Å². The zero-order chi connectivity index (χ0) is 17.9. The normalized spacial score (nSPS) is 22.3. The van der Waals surface area contributed by atoms with E-state index in [-0.39, 0.29) is 5.91 Å². The first-order valence-electron chi connectivity index (χ1n) is 9.78. The van der Waals surface area contributed by atoms with Crippen LogP contribution < -0.4 is 10.2 Å². The predicted molar refractivity (Wildman–Crippen MR) is 102 cm³/mol. The van der Waals surface area contributed by atoms with Gasteiger partial charge in [-0.3, -0.25) is 4.79 Å². The smallest absolute Gasteiger partial charge is 0.224 e. The van der Waals surface area contributed by atoms with Crippen molar-refractivity contribution < 1.29 is 9.21 Å². The van der Waals surface area contributed by atoms with Gasteiger partial charge in [0.05, 0.1) is 11.9 Å². The Bertz CT molecular complexity index is 747. The number of piperidine rings is 1. The molecule has 5 heteroatoms. The zero-order valence-corrected chi connectivity index (χ0v) is 15.4. The number of anilines is 2. The summed E-state index contributed by atoms with van der Waals surface area (Å²) in [7, 11) is 0. The van der Waals surface area contributed by atoms with Crippen molar-refractivity contribution in [1.82, 2.24) is 4.98 Å². The van der Waals surface area contributed by atoms with Gasteiger partial charge in [0.15, 0.2) is 0 Å². The third kappa shape index (κ3) is 4.09. The first kappa shape index (κ1) is 17.1. The number of carbonyl (C=O) groups is 1. The highest BCUT2D eigenvalue weighted by atomic mass is 16.3. The third-order valence-corrected chi connectivity index (χ3v) is 5.47. The van der Waals surface area contributed by atoms with Gasteiger partial charge >= 0.3 is 0 Å². The van der Waals surface area contributed by atoms with Crippen LogP contribution in [-0.4, -0.2) is 24.0 Å². The van der Waals surface area contributed by atoms with Gasteiger partial charge in [-0.2, -0.15) is 0 Å². The molecule has 3 heterocycles. The highest BCUT2D eigenvalue weighted by Gasteiger charge is 2.36. The molecule has 1 aliphatic heterocycles. The minimum atomic E-state index is -0.00439. The lowest BCUT2D eigenvalue weighted by Crippen LogP contribution is -2.30. The lowest BCUT2D eigenvalue weighted by molar-refractivity contribution is -0.116. The van der Waals surface area contributed by atoms with Crippen molar-refractivity contribution in [2.45, 2.75) is 51.4 Å². The molecule has 4 rings (SSSR count). The van der Waals surface area contributed by atoms with Crippen LogP contribution in [0.15, 0.2) is 34.9 Å². The molecule has 2 aromatic heterocycles. The molecule has 0 unspecified atom stereocenters. The van der Waals surface area contributed by atoms with E-state index in [4.69, 9.17) is 4.42 Å². The lowest BCUT2D eigenvalue weighted by Gasteiger charge is -2.27. The maximum atomic E-state index is 12.2. The van der Waals surface area contributed by atoms with E-state index in [9.17, 15) is 4.79 Å². The molecule has 26 heavy (non-hydrogen) atoms. The average Bonchev–Trinajstić information content (AvgIpc) is 3.21. The molecule has 2 aromatic rings. The molecule has 1 saturated heterocycles. The summed E-state index contributed by atoms with van der Waals surface area (Å²) in [5.41, 5.74) is 0.752. The third-order valence-electron chi connectivity index (χ3n) is 5.47. The number of amides is 1. The summed E-state index contributed by atoms with van der Waals surface area (Å²) in [6.07, 6.45) is 7.78. The molecule has 2 atom stereocenters. The molecule has 5 nitrogen and oxygen atoms in total. The number of nitrogens with one attached hydrogen (secondary N) is 1. The fourth-order valence-corrected chi connectivity index (χ4v) is 3.68. The molecule has 2 aliphatic rings. The highest BCUT2D eigenvalue weighted by molar-refractivity contribution is 5.90. The summed E-state index contributed by atoms with van der Waals surface area (Å²) in [5, 5.41) is 2.93. The predicted octanol–water partition coefficient (Wildman–Crippen LogP) is 4.36. The quantitative estimate of drug-likeness (QED) is 0.838. The fraction of sp³-hybridized carbons (Fsp3) is 0.524. The Labute approximate surface area is 154 Å². The summed E-state index contributed by atoms with van der Waals surface area (Å²) in [6.45, 7) is 4.39. The second kappa shape index (κ2) is 7.52. The van der Waals surface area contributed by atoms with Crippen LogP contribution in [0.25, 0.3) is 0 Å². The van der Waals surface area contributed by atoms with Gasteiger partial charge in [0, 0.05) is 31.8 Å². The molecule has 0 radical (unpaired) electrons. The van der Waals surface area contributed by atoms with E-state index >= 15 is 0 Å². The number of carbonyl (C=O) groups excluding carboxylic acids is 1. The number of furan rings is 1. The van der Waals surface area contributed by atoms with Crippen LogP contribution >= 0.6 is 0 Å². The van der Waals surface area contributed by atoms with Gasteiger partial charge in [-0.05, 0) is 55.9 Å². The molecule has 1 saturated carbocycles. The largest absolute Gasteiger partial charge is 0.466 e. The van der Waals surface area contributed by atoms with Crippen molar-refractivity contribution in [1.29, 1.82) is 0 Å². The van der Waals surface area contributed by atoms with Gasteiger partial charge in [-0.1, -0.05) is 6.92 Å². The Balaban J connectivity index is 1.25. The van der Waals surface area contributed by atoms with E-state index in [0.717, 1.165) is 42.0 Å². The second-order valence-electron chi connectivity index (χ2n) is 7.62. The van der Waals surface area contributed by atoms with Gasteiger partial charge in [-0.15, -0.1) is 0 Å². The molecule has 0 spiro atoms. The number of rotatable bonds is 6. The van der Waals surface area contributed by atoms with Gasteiger partial charge in [0.1, 0.15) is 17.3 Å². The van der Waals surface area contributed by atoms with E-state index in [1.165, 1.54) is 25.7 Å². The van der Waals surface area contributed by atoms with Crippen molar-refractivity contribution in [3.05, 3.63) is 42.0 Å². The SMILES string of the molecule is C[C@@H]1C[C@@H]1c1ccc(CCC(=O)Nc2ccc(N3CCCCC3)nc2)o1. The van der Waals surface area contributed by atoms with Crippen molar-refractivity contribution in [3.63, 3.8) is 0 Å². The molecule has 0 aromatic carbocycles. The van der Waals surface area contributed by atoms with E-state index in [0.29, 0.717) is 18.8 Å². The average molecular weight is 353 g/mol. The first-order chi connectivity index (χ1) is 12.7. The minimum absolute atomic E-state index is 0.00439. The number of pyridine rings is 1. The monoisotopic (exact) mass is 353 g/mol. The molecule has 2 fully saturated rings. The summed E-state index contributed by atoms with van der Waals surface area (Å²) in [5.74, 6) is 4.29. The van der Waals surface area contributed by atoms with E-state index in [1.54, 1.807) is 6.20 Å². The van der Waals surface area contributed by atoms with Crippen LogP contribution in [0.1, 0.15) is 56.5 Å². The van der Waals surface area contributed by atoms with Crippen molar-refractivity contribution >= 4 is 17.4 Å². The van der Waals surface area contributed by atoms with Crippen molar-refractivity contribution in [3.8, 4) is 0 Å². The van der Waals surface area contributed by atoms with E-state index < -0.39 is 0 Å². The Morgan fingerprint density at radius 1 is 1.23 bits per heavy atom. The maximum absolute atomic E-state index is 12.2. The molecular weight excluding hydrogens is 326 g/mol. The Morgan fingerprint density at radius 3 is 2.73 bits per heavy atom. The minimum Gasteiger partial charge on any atom is -0.466 e. The number of nitrogens with zero attached hydrogens (tertiary/aromatic N) is 2. The van der Waals surface area contributed by atoms with Crippen LogP contribution in [0.2, 0.25) is 0 Å². The summed E-state index contributed by atoms with van der Waals surface area (Å²) >= 11 is 0. The van der Waals surface area contributed by atoms with Gasteiger partial charge in [0.25, 0.3) is 0 Å². The van der Waals surface area contributed by atoms with Gasteiger partial charge < -0.3 is 14.6 Å². The van der Waals surface area contributed by atoms with Crippen LogP contribution in [0.4, 0.5) is 11.5 Å². The Kier molecular flexibility index (Phi) is 4.96. The molecule has 1 N–H and O–H groups in total. The highest BCUT2D eigenvalue weighted by Crippen LogP contribution is 2.47. The number of hydrogen-bond donors (Lipinski definition) is 1. The maximum Gasteiger partial charge on any atom is 0.224 e. The summed E-state index contributed by atoms with van der Waals surface area (Å²) < 4.78 is 5.86. The van der Waals surface area contributed by atoms with E-state index in [2.05, 4.69) is 28.2 Å². The first-order valence-corrected chi connectivity index (χ1v) is 9.78. The second-order valence-corrected chi connectivity index (χ2v) is 7.62. The van der Waals surface area contributed by atoms with Crippen LogP contribution in [-0.2, 0) is 11.2 Å². The standard InChI is InChI=1S/C21H27N3O2/c1-15-13-18(15)19-8-6-17(26-19)7-10-21(25)23-16-5-9-20(22-14-16)24-11-3-2-4-12-24/h5-6,8-9,14-15,18H,2-4,7,10-13H2,1H3,(H,23,25)/t15-,18+/m1/s1. The van der Waals surface area contributed by atoms with Crippen LogP contribution in [0.5, 0.6) is 0 Å². The lowest BCUT2D eigenvalue weighted by atomic mass is 10.1. The van der Waals surface area contributed by atoms with E-state index in [1.807, 2.05) is 18.2 Å². The fourth-order valence-electron chi connectivity index (χ4n) is 3.68. The molecule has 1 amide bonds. The summed E-state index contributed by atoms with van der Waals surface area (Å²) in [4.78, 5) is 19.0. The molecule has 0 bridgehead atoms. The molecular formula is C21H27N3O2. The Hall–Kier alpha value is -2.30.